The summed E-state index contributed by atoms with van der Waals surface area (Å²) < 4.78 is 27.1. The summed E-state index contributed by atoms with van der Waals surface area (Å²) >= 11 is 5.85. The third-order valence-electron chi connectivity index (χ3n) is 5.44. The number of carbonyl (C=O) groups is 2. The number of nitrogens with one attached hydrogen (secondary N) is 2. The van der Waals surface area contributed by atoms with Gasteiger partial charge in [0.2, 0.25) is 21.8 Å². The molecule has 1 aliphatic rings. The number of nitrogens with zero attached hydrogens (tertiary/aromatic N) is 2. The van der Waals surface area contributed by atoms with Crippen LogP contribution in [0.3, 0.4) is 0 Å². The van der Waals surface area contributed by atoms with Gasteiger partial charge >= 0.3 is 0 Å². The van der Waals surface area contributed by atoms with Crippen LogP contribution in [0.5, 0.6) is 0 Å². The van der Waals surface area contributed by atoms with Crippen LogP contribution >= 0.6 is 11.6 Å². The fourth-order valence-electron chi connectivity index (χ4n) is 3.94. The molecule has 0 aromatic heterocycles. The molecule has 1 saturated heterocycles. The van der Waals surface area contributed by atoms with Crippen LogP contribution in [-0.4, -0.2) is 76.9 Å². The summed E-state index contributed by atoms with van der Waals surface area (Å²) in [6, 6.07) is 5.97. The van der Waals surface area contributed by atoms with Gasteiger partial charge in [0.1, 0.15) is 0 Å². The number of hydrogen-bond donors (Lipinski definition) is 2. The minimum Gasteiger partial charge on any atom is -0.355 e. The second-order valence-electron chi connectivity index (χ2n) is 9.38. The lowest BCUT2D eigenvalue weighted by Gasteiger charge is -2.33. The molecule has 1 aliphatic heterocycles. The van der Waals surface area contributed by atoms with Gasteiger partial charge in [-0.3, -0.25) is 9.59 Å². The quantitative estimate of drug-likeness (QED) is 0.526. The van der Waals surface area contributed by atoms with Gasteiger partial charge in [-0.15, -0.1) is 0 Å². The number of likely N-dealkylation sites (tertiary alicyclic amines) is 1. The maximum absolute atomic E-state index is 12.5. The average molecular weight is 487 g/mol. The van der Waals surface area contributed by atoms with E-state index in [1.165, 1.54) is 12.1 Å². The Morgan fingerprint density at radius 1 is 1.22 bits per heavy atom. The van der Waals surface area contributed by atoms with Crippen LogP contribution < -0.4 is 10.0 Å². The molecule has 2 rings (SSSR count). The predicted molar refractivity (Wildman–Crippen MR) is 126 cm³/mol. The molecule has 32 heavy (non-hydrogen) atoms. The minimum atomic E-state index is -3.72. The molecule has 0 unspecified atom stereocenters. The highest BCUT2D eigenvalue weighted by Gasteiger charge is 2.28. The smallest absolute Gasteiger partial charge is 0.240 e. The van der Waals surface area contributed by atoms with Gasteiger partial charge in [-0.1, -0.05) is 31.5 Å². The Balaban J connectivity index is 1.73. The van der Waals surface area contributed by atoms with Gasteiger partial charge in [-0.25, -0.2) is 13.1 Å². The predicted octanol–water partition coefficient (Wildman–Crippen LogP) is 1.95. The summed E-state index contributed by atoms with van der Waals surface area (Å²) in [5.74, 6) is -0.182. The fourth-order valence-corrected chi connectivity index (χ4v) is 5.27. The molecule has 0 spiro atoms. The van der Waals surface area contributed by atoms with E-state index >= 15 is 0 Å². The van der Waals surface area contributed by atoms with Crippen molar-refractivity contribution in [2.45, 2.75) is 38.0 Å². The summed E-state index contributed by atoms with van der Waals surface area (Å²) in [5.41, 5.74) is -0.0196. The molecular formula is C22H35ClN4O4S. The Morgan fingerprint density at radius 2 is 1.88 bits per heavy atom. The molecular weight excluding hydrogens is 452 g/mol. The lowest BCUT2D eigenvalue weighted by molar-refractivity contribution is -0.135. The Bertz CT molecular complexity index is 897. The number of halogens is 1. The normalized spacial score (nSPS) is 15.8. The van der Waals surface area contributed by atoms with Gasteiger partial charge in [0, 0.05) is 50.1 Å². The molecule has 1 aromatic rings. The third-order valence-corrected chi connectivity index (χ3v) is 7.14. The van der Waals surface area contributed by atoms with Crippen LogP contribution in [0.1, 0.15) is 33.1 Å². The zero-order chi connectivity index (χ0) is 23.9. The molecule has 0 radical (unpaired) electrons. The molecule has 8 nitrogen and oxygen atoms in total. The standard InChI is InChI=1S/C22H35ClN4O4S/c1-22(2,16-26(3)4)15-24-21(29)17-9-12-27(13-10-17)20(28)8-11-25-32(30,31)19-7-5-6-18(23)14-19/h5-7,14,17,25H,8-13,15-16H2,1-4H3,(H,24,29). The van der Waals surface area contributed by atoms with Crippen LogP contribution in [0.25, 0.3) is 0 Å². The van der Waals surface area contributed by atoms with Crippen molar-refractivity contribution in [2.24, 2.45) is 11.3 Å². The third kappa shape index (κ3) is 8.35. The van der Waals surface area contributed by atoms with E-state index in [-0.39, 0.29) is 41.0 Å². The van der Waals surface area contributed by atoms with Crippen molar-refractivity contribution in [3.8, 4) is 0 Å². The van der Waals surface area contributed by atoms with Crippen LogP contribution in [-0.2, 0) is 19.6 Å². The topological polar surface area (TPSA) is 98.8 Å². The maximum atomic E-state index is 12.5. The van der Waals surface area contributed by atoms with Crippen molar-refractivity contribution in [3.63, 3.8) is 0 Å². The number of rotatable bonds is 10. The zero-order valence-electron chi connectivity index (χ0n) is 19.4. The van der Waals surface area contributed by atoms with Crippen molar-refractivity contribution in [1.29, 1.82) is 0 Å². The number of hydrogen-bond acceptors (Lipinski definition) is 5. The van der Waals surface area contributed by atoms with Crippen LogP contribution in [0, 0.1) is 11.3 Å². The van der Waals surface area contributed by atoms with Gasteiger partial charge in [-0.05, 0) is 50.6 Å². The molecule has 0 aliphatic carbocycles. The lowest BCUT2D eigenvalue weighted by Crippen LogP contribution is -2.46. The molecule has 180 valence electrons. The Morgan fingerprint density at radius 3 is 2.47 bits per heavy atom. The molecule has 2 amide bonds. The molecule has 1 heterocycles. The second-order valence-corrected chi connectivity index (χ2v) is 11.6. The van der Waals surface area contributed by atoms with E-state index in [4.69, 9.17) is 11.6 Å². The number of amides is 2. The molecule has 0 bridgehead atoms. The molecule has 1 fully saturated rings. The van der Waals surface area contributed by atoms with E-state index in [9.17, 15) is 18.0 Å². The van der Waals surface area contributed by atoms with Crippen molar-refractivity contribution in [2.75, 3.05) is 46.8 Å². The van der Waals surface area contributed by atoms with E-state index < -0.39 is 10.0 Å². The highest BCUT2D eigenvalue weighted by molar-refractivity contribution is 7.89. The SMILES string of the molecule is CN(C)CC(C)(C)CNC(=O)C1CCN(C(=O)CCNS(=O)(=O)c2cccc(Cl)c2)CC1. The molecule has 2 N–H and O–H groups in total. The van der Waals surface area contributed by atoms with Crippen molar-refractivity contribution in [1.82, 2.24) is 19.8 Å². The lowest BCUT2D eigenvalue weighted by atomic mass is 9.91. The number of piperidine rings is 1. The van der Waals surface area contributed by atoms with Gasteiger partial charge in [0.25, 0.3) is 0 Å². The Labute approximate surface area is 196 Å². The van der Waals surface area contributed by atoms with Crippen molar-refractivity contribution < 1.29 is 18.0 Å². The van der Waals surface area contributed by atoms with E-state index in [1.54, 1.807) is 17.0 Å². The summed E-state index contributed by atoms with van der Waals surface area (Å²) in [7, 11) is 0.308. The van der Waals surface area contributed by atoms with Gasteiger partial charge in [-0.2, -0.15) is 0 Å². The van der Waals surface area contributed by atoms with Crippen LogP contribution in [0.15, 0.2) is 29.2 Å². The zero-order valence-corrected chi connectivity index (χ0v) is 20.9. The average Bonchev–Trinajstić information content (AvgIpc) is 2.71. The summed E-state index contributed by atoms with van der Waals surface area (Å²) in [5, 5.41) is 3.39. The summed E-state index contributed by atoms with van der Waals surface area (Å²) in [4.78, 5) is 28.9. The van der Waals surface area contributed by atoms with Gasteiger partial charge < -0.3 is 15.1 Å². The first-order chi connectivity index (χ1) is 14.9. The number of carbonyl (C=O) groups excluding carboxylic acids is 2. The van der Waals surface area contributed by atoms with E-state index in [2.05, 4.69) is 28.8 Å². The maximum Gasteiger partial charge on any atom is 0.240 e. The fraction of sp³-hybridized carbons (Fsp3) is 0.636. The van der Waals surface area contributed by atoms with Gasteiger partial charge in [0.15, 0.2) is 0 Å². The highest BCUT2D eigenvalue weighted by Crippen LogP contribution is 2.20. The number of benzene rings is 1. The van der Waals surface area contributed by atoms with Gasteiger partial charge in [0.05, 0.1) is 4.90 Å². The monoisotopic (exact) mass is 486 g/mol. The Kier molecular flexibility index (Phi) is 9.51. The molecule has 0 saturated carbocycles. The molecule has 0 atom stereocenters. The minimum absolute atomic E-state index is 0.00898. The van der Waals surface area contributed by atoms with E-state index in [0.717, 1.165) is 6.54 Å². The second kappa shape index (κ2) is 11.4. The first kappa shape index (κ1) is 26.6. The number of sulfonamides is 1. The van der Waals surface area contributed by atoms with Crippen molar-refractivity contribution in [3.05, 3.63) is 29.3 Å². The summed E-state index contributed by atoms with van der Waals surface area (Å²) in [6.45, 7) is 6.73. The van der Waals surface area contributed by atoms with Crippen molar-refractivity contribution >= 4 is 33.4 Å². The first-order valence-electron chi connectivity index (χ1n) is 10.8. The van der Waals surface area contributed by atoms with Crippen LogP contribution in [0.4, 0.5) is 0 Å². The molecule has 1 aromatic carbocycles. The van der Waals surface area contributed by atoms with Crippen LogP contribution in [0.2, 0.25) is 5.02 Å². The highest BCUT2D eigenvalue weighted by atomic mass is 35.5. The van der Waals surface area contributed by atoms with E-state index in [1.807, 2.05) is 14.1 Å². The largest absolute Gasteiger partial charge is 0.355 e. The van der Waals surface area contributed by atoms with E-state index in [0.29, 0.717) is 37.5 Å². The Hall–Kier alpha value is -1.68. The molecule has 10 heteroatoms. The first-order valence-corrected chi connectivity index (χ1v) is 12.7. The summed E-state index contributed by atoms with van der Waals surface area (Å²) in [6.07, 6.45) is 1.29.